The van der Waals surface area contributed by atoms with E-state index in [-0.39, 0.29) is 23.8 Å². The largest absolute Gasteiger partial charge is 0.420 e. The topological polar surface area (TPSA) is 56.0 Å². The van der Waals surface area contributed by atoms with Crippen molar-refractivity contribution in [2.24, 2.45) is 0 Å². The van der Waals surface area contributed by atoms with Gasteiger partial charge in [-0.05, 0) is 36.4 Å². The fourth-order valence-electron chi connectivity index (χ4n) is 2.14. The third-order valence-electron chi connectivity index (χ3n) is 3.38. The van der Waals surface area contributed by atoms with Crippen LogP contribution in [0.4, 0.5) is 13.2 Å². The van der Waals surface area contributed by atoms with Crippen LogP contribution in [0.2, 0.25) is 0 Å². The van der Waals surface area contributed by atoms with Crippen LogP contribution in [-0.4, -0.2) is 16.0 Å². The molecule has 2 aromatic carbocycles. The smallest absolute Gasteiger partial charge is 0.416 e. The number of nitrogens with zero attached hydrogens (tertiary/aromatic N) is 2. The molecule has 1 heterocycles. The van der Waals surface area contributed by atoms with Crippen molar-refractivity contribution in [2.45, 2.75) is 12.6 Å². The summed E-state index contributed by atoms with van der Waals surface area (Å²) in [5.41, 5.74) is -0.258. The lowest BCUT2D eigenvalue weighted by Crippen LogP contribution is -2.09. The number of Topliss-reactive ketones (excluding diaryl/α,β-unsaturated/α-hetero) is 1. The lowest BCUT2D eigenvalue weighted by atomic mass is 10.0. The van der Waals surface area contributed by atoms with Gasteiger partial charge < -0.3 is 4.42 Å². The highest BCUT2D eigenvalue weighted by molar-refractivity contribution is 9.10. The van der Waals surface area contributed by atoms with E-state index in [1.54, 1.807) is 24.3 Å². The quantitative estimate of drug-likeness (QED) is 0.571. The monoisotopic (exact) mass is 410 g/mol. The first kappa shape index (κ1) is 17.3. The molecule has 3 rings (SSSR count). The Morgan fingerprint density at radius 3 is 2.48 bits per heavy atom. The molecule has 128 valence electrons. The summed E-state index contributed by atoms with van der Waals surface area (Å²) in [4.78, 5) is 12.2. The van der Waals surface area contributed by atoms with E-state index in [1.807, 2.05) is 0 Å². The number of alkyl halides is 3. The molecule has 4 nitrogen and oxygen atoms in total. The third kappa shape index (κ3) is 4.14. The van der Waals surface area contributed by atoms with Crippen molar-refractivity contribution < 1.29 is 22.4 Å². The number of hydrogen-bond donors (Lipinski definition) is 0. The Balaban J connectivity index is 1.77. The highest BCUT2D eigenvalue weighted by atomic mass is 79.9. The third-order valence-corrected chi connectivity index (χ3v) is 3.91. The zero-order valence-electron chi connectivity index (χ0n) is 12.5. The standard InChI is InChI=1S/C17H10BrF3N2O2/c18-13-6-4-10(5-7-13)16-23-22-15(25-16)9-14(24)11-2-1-3-12(8-11)17(19,20)21/h1-8H,9H2. The number of hydrogen-bond acceptors (Lipinski definition) is 4. The number of benzene rings is 2. The minimum Gasteiger partial charge on any atom is -0.420 e. The van der Waals surface area contributed by atoms with E-state index >= 15 is 0 Å². The molecule has 0 amide bonds. The molecule has 0 bridgehead atoms. The maximum atomic E-state index is 12.7. The summed E-state index contributed by atoms with van der Waals surface area (Å²) in [6, 6.07) is 11.4. The molecule has 0 aliphatic carbocycles. The number of rotatable bonds is 4. The zero-order chi connectivity index (χ0) is 18.0. The Labute approximate surface area is 148 Å². The number of aromatic nitrogens is 2. The molecule has 0 saturated heterocycles. The first-order valence-electron chi connectivity index (χ1n) is 7.12. The molecule has 0 fully saturated rings. The van der Waals surface area contributed by atoms with Crippen molar-refractivity contribution in [3.05, 3.63) is 70.0 Å². The van der Waals surface area contributed by atoms with Crippen LogP contribution >= 0.6 is 15.9 Å². The Hall–Kier alpha value is -2.48. The average Bonchev–Trinajstić information content (AvgIpc) is 3.03. The normalized spacial score (nSPS) is 11.5. The van der Waals surface area contributed by atoms with E-state index in [1.165, 1.54) is 12.1 Å². The highest BCUT2D eigenvalue weighted by Gasteiger charge is 2.31. The molecule has 25 heavy (non-hydrogen) atoms. The van der Waals surface area contributed by atoms with Crippen LogP contribution in [-0.2, 0) is 12.6 Å². The van der Waals surface area contributed by atoms with Gasteiger partial charge in [-0.1, -0.05) is 28.1 Å². The van der Waals surface area contributed by atoms with Crippen molar-refractivity contribution in [3.63, 3.8) is 0 Å². The number of ketones is 1. The minimum atomic E-state index is -4.50. The first-order valence-corrected chi connectivity index (χ1v) is 7.91. The summed E-state index contributed by atoms with van der Waals surface area (Å²) in [7, 11) is 0. The molecule has 0 aliphatic heterocycles. The van der Waals surface area contributed by atoms with Gasteiger partial charge in [-0.15, -0.1) is 10.2 Å². The van der Waals surface area contributed by atoms with Crippen LogP contribution in [0.5, 0.6) is 0 Å². The molecule has 0 spiro atoms. The van der Waals surface area contributed by atoms with Gasteiger partial charge in [0.25, 0.3) is 0 Å². The van der Waals surface area contributed by atoms with E-state index in [0.717, 1.165) is 16.6 Å². The van der Waals surface area contributed by atoms with E-state index < -0.39 is 17.5 Å². The van der Waals surface area contributed by atoms with Crippen LogP contribution in [0.25, 0.3) is 11.5 Å². The molecule has 8 heteroatoms. The SMILES string of the molecule is O=C(Cc1nnc(-c2ccc(Br)cc2)o1)c1cccc(C(F)(F)F)c1. The van der Waals surface area contributed by atoms with Crippen LogP contribution in [0, 0.1) is 0 Å². The molecule has 3 aromatic rings. The fraction of sp³-hybridized carbons (Fsp3) is 0.118. The van der Waals surface area contributed by atoms with Crippen LogP contribution in [0.15, 0.2) is 57.4 Å². The second-order valence-electron chi connectivity index (χ2n) is 5.19. The lowest BCUT2D eigenvalue weighted by Gasteiger charge is -2.07. The van der Waals surface area contributed by atoms with E-state index in [4.69, 9.17) is 4.42 Å². The summed E-state index contributed by atoms with van der Waals surface area (Å²) in [5.74, 6) is -0.253. The molecule has 1 aromatic heterocycles. The van der Waals surface area contributed by atoms with Crippen molar-refractivity contribution in [3.8, 4) is 11.5 Å². The predicted molar refractivity (Wildman–Crippen MR) is 86.9 cm³/mol. The Bertz CT molecular complexity index is 905. The van der Waals surface area contributed by atoms with Gasteiger partial charge in [0.2, 0.25) is 11.8 Å². The predicted octanol–water partition coefficient (Wildman–Crippen LogP) is 4.94. The molecule has 0 aliphatic rings. The maximum Gasteiger partial charge on any atom is 0.416 e. The first-order chi connectivity index (χ1) is 11.8. The molecular formula is C17H10BrF3N2O2. The van der Waals surface area contributed by atoms with Gasteiger partial charge in [-0.3, -0.25) is 4.79 Å². The van der Waals surface area contributed by atoms with Gasteiger partial charge in [0, 0.05) is 15.6 Å². The van der Waals surface area contributed by atoms with Crippen LogP contribution < -0.4 is 0 Å². The summed E-state index contributed by atoms with van der Waals surface area (Å²) < 4.78 is 44.5. The summed E-state index contributed by atoms with van der Waals surface area (Å²) >= 11 is 3.31. The Morgan fingerprint density at radius 1 is 1.08 bits per heavy atom. The molecule has 0 N–H and O–H groups in total. The maximum absolute atomic E-state index is 12.7. The van der Waals surface area contributed by atoms with E-state index in [9.17, 15) is 18.0 Å². The molecular weight excluding hydrogens is 401 g/mol. The average molecular weight is 411 g/mol. The van der Waals surface area contributed by atoms with Crippen molar-refractivity contribution in [1.29, 1.82) is 0 Å². The lowest BCUT2D eigenvalue weighted by molar-refractivity contribution is -0.137. The van der Waals surface area contributed by atoms with Crippen LogP contribution in [0.3, 0.4) is 0 Å². The highest BCUT2D eigenvalue weighted by Crippen LogP contribution is 2.30. The van der Waals surface area contributed by atoms with E-state index in [0.29, 0.717) is 5.56 Å². The van der Waals surface area contributed by atoms with Gasteiger partial charge >= 0.3 is 6.18 Å². The van der Waals surface area contributed by atoms with Gasteiger partial charge in [0.15, 0.2) is 5.78 Å². The minimum absolute atomic E-state index is 0.0420. The summed E-state index contributed by atoms with van der Waals surface area (Å²) in [5, 5.41) is 7.64. The second kappa shape index (κ2) is 6.79. The number of carbonyl (C=O) groups is 1. The molecule has 0 atom stereocenters. The zero-order valence-corrected chi connectivity index (χ0v) is 14.1. The van der Waals surface area contributed by atoms with Crippen molar-refractivity contribution in [2.75, 3.05) is 0 Å². The van der Waals surface area contributed by atoms with Gasteiger partial charge in [0.1, 0.15) is 0 Å². The second-order valence-corrected chi connectivity index (χ2v) is 6.10. The fourth-order valence-corrected chi connectivity index (χ4v) is 2.41. The number of carbonyl (C=O) groups excluding carboxylic acids is 1. The van der Waals surface area contributed by atoms with Crippen molar-refractivity contribution in [1.82, 2.24) is 10.2 Å². The van der Waals surface area contributed by atoms with Gasteiger partial charge in [0.05, 0.1) is 12.0 Å². The Kier molecular flexibility index (Phi) is 4.71. The summed E-state index contributed by atoms with van der Waals surface area (Å²) in [6.45, 7) is 0. The van der Waals surface area contributed by atoms with E-state index in [2.05, 4.69) is 26.1 Å². The number of halogens is 4. The molecule has 0 unspecified atom stereocenters. The molecule has 0 radical (unpaired) electrons. The van der Waals surface area contributed by atoms with Crippen LogP contribution in [0.1, 0.15) is 21.8 Å². The van der Waals surface area contributed by atoms with Crippen molar-refractivity contribution >= 4 is 21.7 Å². The Morgan fingerprint density at radius 2 is 1.80 bits per heavy atom. The van der Waals surface area contributed by atoms with Gasteiger partial charge in [-0.2, -0.15) is 13.2 Å². The molecule has 0 saturated carbocycles. The summed E-state index contributed by atoms with van der Waals surface area (Å²) in [6.07, 6.45) is -4.78. The van der Waals surface area contributed by atoms with Gasteiger partial charge in [-0.25, -0.2) is 0 Å².